The highest BCUT2D eigenvalue weighted by atomic mass is 19.4. The molecule has 0 aliphatic heterocycles. The van der Waals surface area contributed by atoms with Crippen LogP contribution < -0.4 is 5.32 Å². The second-order valence-corrected chi connectivity index (χ2v) is 5.21. The van der Waals surface area contributed by atoms with E-state index >= 15 is 0 Å². The summed E-state index contributed by atoms with van der Waals surface area (Å²) in [5.74, 6) is -1.37. The van der Waals surface area contributed by atoms with E-state index in [1.165, 1.54) is 36.7 Å². The summed E-state index contributed by atoms with van der Waals surface area (Å²) in [7, 11) is 0. The maximum absolute atomic E-state index is 13.1. The molecule has 0 amide bonds. The maximum Gasteiger partial charge on any atom is 0.433 e. The highest BCUT2D eigenvalue weighted by Gasteiger charge is 2.33. The third-order valence-electron chi connectivity index (χ3n) is 3.36. The molecule has 3 aromatic rings. The lowest BCUT2D eigenvalue weighted by atomic mass is 10.2. The lowest BCUT2D eigenvalue weighted by molar-refractivity contribution is -0.141. The van der Waals surface area contributed by atoms with Crippen molar-refractivity contribution in [3.63, 3.8) is 0 Å². The zero-order valence-electron chi connectivity index (χ0n) is 13.0. The van der Waals surface area contributed by atoms with Crippen LogP contribution >= 0.6 is 0 Å². The fourth-order valence-electron chi connectivity index (χ4n) is 2.14. The monoisotopic (exact) mass is 360 g/mol. The van der Waals surface area contributed by atoms with Gasteiger partial charge in [-0.05, 0) is 42.5 Å². The highest BCUT2D eigenvalue weighted by Crippen LogP contribution is 2.31. The van der Waals surface area contributed by atoms with Gasteiger partial charge in [0, 0.05) is 23.6 Å². The summed E-state index contributed by atoms with van der Waals surface area (Å²) in [5, 5.41) is 11.5. The molecule has 3 rings (SSSR count). The van der Waals surface area contributed by atoms with E-state index in [-0.39, 0.29) is 17.2 Å². The van der Waals surface area contributed by atoms with Gasteiger partial charge in [-0.1, -0.05) is 0 Å². The Labute approximate surface area is 145 Å². The van der Waals surface area contributed by atoms with Gasteiger partial charge in [0.15, 0.2) is 5.69 Å². The zero-order chi connectivity index (χ0) is 18.7. The number of nitrogens with zero attached hydrogens (tertiary/aromatic N) is 3. The second kappa shape index (κ2) is 6.79. The standard InChI is InChI=1S/C17H11F3N4O2/c18-17(19,20)14-8-13(11-2-1-7-21-9-11)23-16(24-14)22-12-5-3-10(4-6-12)15(25)26/h1-9H,(H,25,26)(H,22,23,24). The van der Waals surface area contributed by atoms with Gasteiger partial charge >= 0.3 is 12.1 Å². The minimum atomic E-state index is -4.65. The van der Waals surface area contributed by atoms with Crippen molar-refractivity contribution in [1.82, 2.24) is 15.0 Å². The number of hydrogen-bond donors (Lipinski definition) is 2. The molecule has 0 aliphatic rings. The number of anilines is 2. The molecule has 132 valence electrons. The molecule has 9 heteroatoms. The van der Waals surface area contributed by atoms with E-state index < -0.39 is 17.8 Å². The van der Waals surface area contributed by atoms with Crippen molar-refractivity contribution in [3.8, 4) is 11.3 Å². The number of aromatic nitrogens is 3. The number of halogens is 3. The molecule has 0 unspecified atom stereocenters. The Morgan fingerprint density at radius 2 is 1.81 bits per heavy atom. The first-order chi connectivity index (χ1) is 12.3. The Balaban J connectivity index is 1.99. The Kier molecular flexibility index (Phi) is 4.53. The number of carboxylic acids is 1. The SMILES string of the molecule is O=C(O)c1ccc(Nc2nc(-c3cccnc3)cc(C(F)(F)F)n2)cc1. The summed E-state index contributed by atoms with van der Waals surface area (Å²) in [5.41, 5.74) is -0.228. The molecule has 2 heterocycles. The van der Waals surface area contributed by atoms with Gasteiger partial charge in [0.05, 0.1) is 11.3 Å². The van der Waals surface area contributed by atoms with Crippen molar-refractivity contribution in [1.29, 1.82) is 0 Å². The van der Waals surface area contributed by atoms with E-state index in [9.17, 15) is 18.0 Å². The molecular formula is C17H11F3N4O2. The second-order valence-electron chi connectivity index (χ2n) is 5.21. The summed E-state index contributed by atoms with van der Waals surface area (Å²) in [6.45, 7) is 0. The van der Waals surface area contributed by atoms with Gasteiger partial charge in [0.1, 0.15) is 0 Å². The van der Waals surface area contributed by atoms with E-state index in [0.717, 1.165) is 6.07 Å². The first-order valence-corrected chi connectivity index (χ1v) is 7.30. The van der Waals surface area contributed by atoms with Crippen molar-refractivity contribution in [2.45, 2.75) is 6.18 Å². The average Bonchev–Trinajstić information content (AvgIpc) is 2.62. The Morgan fingerprint density at radius 1 is 1.08 bits per heavy atom. The van der Waals surface area contributed by atoms with Crippen molar-refractivity contribution in [3.05, 3.63) is 66.1 Å². The Hall–Kier alpha value is -3.49. The van der Waals surface area contributed by atoms with Gasteiger partial charge < -0.3 is 10.4 Å². The van der Waals surface area contributed by atoms with E-state index in [1.54, 1.807) is 12.1 Å². The summed E-state index contributed by atoms with van der Waals surface area (Å²) >= 11 is 0. The van der Waals surface area contributed by atoms with Crippen molar-refractivity contribution in [2.24, 2.45) is 0 Å². The molecule has 0 atom stereocenters. The minimum absolute atomic E-state index is 0.0524. The molecule has 1 aromatic carbocycles. The van der Waals surface area contributed by atoms with E-state index in [1.807, 2.05) is 0 Å². The molecule has 0 fully saturated rings. The third kappa shape index (κ3) is 3.94. The molecule has 0 radical (unpaired) electrons. The van der Waals surface area contributed by atoms with Crippen molar-refractivity contribution < 1.29 is 23.1 Å². The maximum atomic E-state index is 13.1. The quantitative estimate of drug-likeness (QED) is 0.731. The molecule has 0 saturated heterocycles. The van der Waals surface area contributed by atoms with Gasteiger partial charge in [-0.2, -0.15) is 13.2 Å². The summed E-state index contributed by atoms with van der Waals surface area (Å²) in [6.07, 6.45) is -1.75. The summed E-state index contributed by atoms with van der Waals surface area (Å²) in [4.78, 5) is 22.3. The number of carboxylic acid groups (broad SMARTS) is 1. The highest BCUT2D eigenvalue weighted by molar-refractivity contribution is 5.88. The van der Waals surface area contributed by atoms with Gasteiger partial charge in [-0.15, -0.1) is 0 Å². The third-order valence-corrected chi connectivity index (χ3v) is 3.36. The molecule has 0 spiro atoms. The molecule has 2 aromatic heterocycles. The van der Waals surface area contributed by atoms with Gasteiger partial charge in [0.2, 0.25) is 5.95 Å². The summed E-state index contributed by atoms with van der Waals surface area (Å²) < 4.78 is 39.4. The number of alkyl halides is 3. The van der Waals surface area contributed by atoms with Crippen LogP contribution in [0.5, 0.6) is 0 Å². The van der Waals surface area contributed by atoms with Gasteiger partial charge in [0.25, 0.3) is 0 Å². The zero-order valence-corrected chi connectivity index (χ0v) is 13.0. The lowest BCUT2D eigenvalue weighted by Gasteiger charge is -2.12. The molecule has 2 N–H and O–H groups in total. The molecule has 0 aliphatic carbocycles. The van der Waals surface area contributed by atoms with Gasteiger partial charge in [-0.25, -0.2) is 14.8 Å². The molecular weight excluding hydrogens is 349 g/mol. The minimum Gasteiger partial charge on any atom is -0.478 e. The average molecular weight is 360 g/mol. The summed E-state index contributed by atoms with van der Waals surface area (Å²) in [6, 6.07) is 9.48. The molecule has 0 bridgehead atoms. The van der Waals surface area contributed by atoms with Crippen LogP contribution in [0.1, 0.15) is 16.1 Å². The van der Waals surface area contributed by atoms with Crippen LogP contribution in [0, 0.1) is 0 Å². The normalized spacial score (nSPS) is 11.2. The topological polar surface area (TPSA) is 88.0 Å². The first kappa shape index (κ1) is 17.3. The van der Waals surface area contributed by atoms with Crippen LogP contribution in [0.2, 0.25) is 0 Å². The number of pyridine rings is 1. The molecule has 26 heavy (non-hydrogen) atoms. The smallest absolute Gasteiger partial charge is 0.433 e. The fourth-order valence-corrected chi connectivity index (χ4v) is 2.14. The van der Waals surface area contributed by atoms with Crippen LogP contribution in [-0.2, 0) is 6.18 Å². The predicted molar refractivity (Wildman–Crippen MR) is 86.9 cm³/mol. The number of carbonyl (C=O) groups is 1. The molecule has 6 nitrogen and oxygen atoms in total. The Bertz CT molecular complexity index is 929. The fraction of sp³-hybridized carbons (Fsp3) is 0.0588. The number of benzene rings is 1. The van der Waals surface area contributed by atoms with Crippen LogP contribution in [-0.4, -0.2) is 26.0 Å². The predicted octanol–water partition coefficient (Wildman–Crippen LogP) is 4.00. The first-order valence-electron chi connectivity index (χ1n) is 7.30. The van der Waals surface area contributed by atoms with E-state index in [0.29, 0.717) is 11.3 Å². The van der Waals surface area contributed by atoms with Crippen LogP contribution in [0.4, 0.5) is 24.8 Å². The molecule has 0 saturated carbocycles. The van der Waals surface area contributed by atoms with Crippen molar-refractivity contribution >= 4 is 17.6 Å². The largest absolute Gasteiger partial charge is 0.478 e. The lowest BCUT2D eigenvalue weighted by Crippen LogP contribution is -2.11. The number of nitrogens with one attached hydrogen (secondary N) is 1. The Morgan fingerprint density at radius 3 is 2.38 bits per heavy atom. The van der Waals surface area contributed by atoms with Crippen molar-refractivity contribution in [2.75, 3.05) is 5.32 Å². The van der Waals surface area contributed by atoms with Gasteiger partial charge in [-0.3, -0.25) is 4.98 Å². The van der Waals surface area contributed by atoms with E-state index in [4.69, 9.17) is 5.11 Å². The number of hydrogen-bond acceptors (Lipinski definition) is 5. The van der Waals surface area contributed by atoms with Crippen LogP contribution in [0.15, 0.2) is 54.9 Å². The van der Waals surface area contributed by atoms with E-state index in [2.05, 4.69) is 20.3 Å². The number of rotatable bonds is 4. The number of aromatic carboxylic acids is 1. The van der Waals surface area contributed by atoms with Crippen LogP contribution in [0.3, 0.4) is 0 Å². The van der Waals surface area contributed by atoms with Crippen LogP contribution in [0.25, 0.3) is 11.3 Å².